The molecule has 18 heavy (non-hydrogen) atoms. The summed E-state index contributed by atoms with van der Waals surface area (Å²) in [7, 11) is 0. The summed E-state index contributed by atoms with van der Waals surface area (Å²) >= 11 is 0. The van der Waals surface area contributed by atoms with E-state index in [9.17, 15) is 10.2 Å². The second kappa shape index (κ2) is 4.69. The summed E-state index contributed by atoms with van der Waals surface area (Å²) in [6, 6.07) is 14.6. The number of aliphatic hydroxyl groups excluding tert-OH is 2. The van der Waals surface area contributed by atoms with Crippen LogP contribution in [0, 0.1) is 0 Å². The molecule has 2 aromatic rings. The van der Waals surface area contributed by atoms with Gasteiger partial charge in [-0.2, -0.15) is 0 Å². The highest BCUT2D eigenvalue weighted by atomic mass is 16.3. The van der Waals surface area contributed by atoms with E-state index in [2.05, 4.69) is 35.2 Å². The Morgan fingerprint density at radius 1 is 0.944 bits per heavy atom. The van der Waals surface area contributed by atoms with Crippen LogP contribution in [0.25, 0.3) is 10.8 Å². The van der Waals surface area contributed by atoms with Crippen LogP contribution < -0.4 is 0 Å². The molecule has 1 aliphatic heterocycles. The number of benzene rings is 2. The second-order valence-corrected chi connectivity index (χ2v) is 4.97. The standard InChI is InChI=1S/C15H17NO2/c17-14-9-16(10-15(14)18)8-12-6-3-5-11-4-1-2-7-13(11)12/h1-7,14-15,17-18H,8-10H2. The third kappa shape index (κ3) is 2.12. The fourth-order valence-electron chi connectivity index (χ4n) is 2.65. The van der Waals surface area contributed by atoms with Gasteiger partial charge in [-0.05, 0) is 16.3 Å². The lowest BCUT2D eigenvalue weighted by molar-refractivity contribution is 0.0572. The van der Waals surface area contributed by atoms with Gasteiger partial charge in [-0.3, -0.25) is 4.90 Å². The maximum Gasteiger partial charge on any atom is 0.0938 e. The fraction of sp³-hybridized carbons (Fsp3) is 0.333. The van der Waals surface area contributed by atoms with E-state index in [1.807, 2.05) is 12.1 Å². The summed E-state index contributed by atoms with van der Waals surface area (Å²) in [6.07, 6.45) is -1.22. The molecular weight excluding hydrogens is 226 g/mol. The molecule has 2 aromatic carbocycles. The number of nitrogens with zero attached hydrogens (tertiary/aromatic N) is 1. The maximum absolute atomic E-state index is 9.57. The van der Waals surface area contributed by atoms with Crippen LogP contribution in [0.4, 0.5) is 0 Å². The lowest BCUT2D eigenvalue weighted by Crippen LogP contribution is -2.22. The third-order valence-electron chi connectivity index (χ3n) is 3.61. The molecule has 1 aliphatic rings. The summed E-state index contributed by atoms with van der Waals surface area (Å²) in [6.45, 7) is 1.87. The Morgan fingerprint density at radius 2 is 1.61 bits per heavy atom. The predicted molar refractivity (Wildman–Crippen MR) is 71.2 cm³/mol. The highest BCUT2D eigenvalue weighted by Crippen LogP contribution is 2.21. The number of likely N-dealkylation sites (tertiary alicyclic amines) is 1. The molecule has 0 amide bonds. The molecule has 2 atom stereocenters. The fourth-order valence-corrected chi connectivity index (χ4v) is 2.65. The molecule has 2 N–H and O–H groups in total. The highest BCUT2D eigenvalue weighted by molar-refractivity contribution is 5.85. The normalized spacial score (nSPS) is 24.8. The van der Waals surface area contributed by atoms with E-state index < -0.39 is 12.2 Å². The van der Waals surface area contributed by atoms with Crippen molar-refractivity contribution >= 4 is 10.8 Å². The van der Waals surface area contributed by atoms with Crippen LogP contribution in [0.1, 0.15) is 5.56 Å². The molecule has 0 bridgehead atoms. The molecule has 3 heteroatoms. The number of β-amino-alcohol motifs (C(OH)–C–C–N with tert-alkyl or cyclic N) is 2. The Morgan fingerprint density at radius 3 is 2.39 bits per heavy atom. The quantitative estimate of drug-likeness (QED) is 0.837. The molecule has 0 aliphatic carbocycles. The molecule has 0 saturated carbocycles. The van der Waals surface area contributed by atoms with Gasteiger partial charge in [0.2, 0.25) is 0 Å². The minimum Gasteiger partial charge on any atom is -0.389 e. The van der Waals surface area contributed by atoms with E-state index in [0.29, 0.717) is 13.1 Å². The molecule has 1 heterocycles. The van der Waals surface area contributed by atoms with E-state index in [0.717, 1.165) is 6.54 Å². The number of rotatable bonds is 2. The van der Waals surface area contributed by atoms with Gasteiger partial charge >= 0.3 is 0 Å². The van der Waals surface area contributed by atoms with Crippen LogP contribution in [0.3, 0.4) is 0 Å². The van der Waals surface area contributed by atoms with Gasteiger partial charge in [0.15, 0.2) is 0 Å². The Balaban J connectivity index is 1.87. The van der Waals surface area contributed by atoms with Crippen LogP contribution in [-0.2, 0) is 6.54 Å². The van der Waals surface area contributed by atoms with Crippen molar-refractivity contribution in [2.75, 3.05) is 13.1 Å². The SMILES string of the molecule is OC1CN(Cc2cccc3ccccc23)CC1O. The van der Waals surface area contributed by atoms with Crippen molar-refractivity contribution in [3.8, 4) is 0 Å². The zero-order valence-corrected chi connectivity index (χ0v) is 10.2. The smallest absolute Gasteiger partial charge is 0.0938 e. The summed E-state index contributed by atoms with van der Waals surface area (Å²) in [5.74, 6) is 0. The molecule has 94 valence electrons. The lowest BCUT2D eigenvalue weighted by Gasteiger charge is -2.16. The topological polar surface area (TPSA) is 43.7 Å². The largest absolute Gasteiger partial charge is 0.389 e. The number of hydrogen-bond donors (Lipinski definition) is 2. The van der Waals surface area contributed by atoms with Crippen molar-refractivity contribution in [3.63, 3.8) is 0 Å². The van der Waals surface area contributed by atoms with Gasteiger partial charge in [0, 0.05) is 19.6 Å². The van der Waals surface area contributed by atoms with E-state index >= 15 is 0 Å². The first-order chi connectivity index (χ1) is 8.74. The minimum absolute atomic E-state index is 0.546. The van der Waals surface area contributed by atoms with E-state index in [1.165, 1.54) is 16.3 Å². The first-order valence-electron chi connectivity index (χ1n) is 6.29. The Hall–Kier alpha value is -1.42. The molecule has 3 rings (SSSR count). The molecule has 1 saturated heterocycles. The first-order valence-corrected chi connectivity index (χ1v) is 6.29. The van der Waals surface area contributed by atoms with Crippen molar-refractivity contribution < 1.29 is 10.2 Å². The van der Waals surface area contributed by atoms with E-state index in [4.69, 9.17) is 0 Å². The van der Waals surface area contributed by atoms with Gasteiger partial charge in [-0.25, -0.2) is 0 Å². The van der Waals surface area contributed by atoms with Gasteiger partial charge < -0.3 is 10.2 Å². The number of aliphatic hydroxyl groups is 2. The molecule has 0 radical (unpaired) electrons. The van der Waals surface area contributed by atoms with Crippen molar-refractivity contribution in [3.05, 3.63) is 48.0 Å². The predicted octanol–water partition coefficient (Wildman–Crippen LogP) is 1.38. The number of fused-ring (bicyclic) bond motifs is 1. The molecule has 0 spiro atoms. The highest BCUT2D eigenvalue weighted by Gasteiger charge is 2.29. The Bertz CT molecular complexity index is 540. The average molecular weight is 243 g/mol. The molecule has 2 unspecified atom stereocenters. The molecule has 1 fully saturated rings. The molecule has 0 aromatic heterocycles. The van der Waals surface area contributed by atoms with Crippen LogP contribution >= 0.6 is 0 Å². The van der Waals surface area contributed by atoms with Crippen molar-refractivity contribution in [1.82, 2.24) is 4.90 Å². The van der Waals surface area contributed by atoms with Gasteiger partial charge in [0.1, 0.15) is 0 Å². The van der Waals surface area contributed by atoms with E-state index in [-0.39, 0.29) is 0 Å². The van der Waals surface area contributed by atoms with Gasteiger partial charge in [-0.1, -0.05) is 42.5 Å². The lowest BCUT2D eigenvalue weighted by atomic mass is 10.0. The second-order valence-electron chi connectivity index (χ2n) is 4.97. The first kappa shape index (κ1) is 11.7. The van der Waals surface area contributed by atoms with Crippen molar-refractivity contribution in [2.24, 2.45) is 0 Å². The van der Waals surface area contributed by atoms with Crippen molar-refractivity contribution in [2.45, 2.75) is 18.8 Å². The average Bonchev–Trinajstić information content (AvgIpc) is 2.69. The maximum atomic E-state index is 9.57. The van der Waals surface area contributed by atoms with Crippen LogP contribution in [0.15, 0.2) is 42.5 Å². The summed E-state index contributed by atoms with van der Waals surface area (Å²) in [5, 5.41) is 21.6. The summed E-state index contributed by atoms with van der Waals surface area (Å²) in [5.41, 5.74) is 1.24. The van der Waals surface area contributed by atoms with Gasteiger partial charge in [0.05, 0.1) is 12.2 Å². The molecule has 3 nitrogen and oxygen atoms in total. The Kier molecular flexibility index (Phi) is 3.04. The van der Waals surface area contributed by atoms with Crippen LogP contribution in [0.2, 0.25) is 0 Å². The summed E-state index contributed by atoms with van der Waals surface area (Å²) in [4.78, 5) is 2.09. The van der Waals surface area contributed by atoms with Crippen molar-refractivity contribution in [1.29, 1.82) is 0 Å². The minimum atomic E-state index is -0.611. The zero-order chi connectivity index (χ0) is 12.5. The van der Waals surface area contributed by atoms with Crippen LogP contribution in [-0.4, -0.2) is 40.4 Å². The molecular formula is C15H17NO2. The van der Waals surface area contributed by atoms with Gasteiger partial charge in [0.25, 0.3) is 0 Å². The van der Waals surface area contributed by atoms with Gasteiger partial charge in [-0.15, -0.1) is 0 Å². The number of hydrogen-bond acceptors (Lipinski definition) is 3. The van der Waals surface area contributed by atoms with Crippen LogP contribution in [0.5, 0.6) is 0 Å². The third-order valence-corrected chi connectivity index (χ3v) is 3.61. The van der Waals surface area contributed by atoms with E-state index in [1.54, 1.807) is 0 Å². The summed E-state index contributed by atoms with van der Waals surface area (Å²) < 4.78 is 0. The Labute approximate surface area is 106 Å². The monoisotopic (exact) mass is 243 g/mol. The zero-order valence-electron chi connectivity index (χ0n) is 10.2.